The molecule has 0 heterocycles. The maximum absolute atomic E-state index is 13.5. The van der Waals surface area contributed by atoms with Crippen LogP contribution in [0.15, 0.2) is 42.5 Å². The van der Waals surface area contributed by atoms with Gasteiger partial charge in [0.2, 0.25) is 0 Å². The number of amides is 1. The second-order valence-electron chi connectivity index (χ2n) is 4.34. The minimum absolute atomic E-state index is 0.179. The van der Waals surface area contributed by atoms with Gasteiger partial charge in [-0.1, -0.05) is 12.1 Å². The fraction of sp³-hybridized carbons (Fsp3) is 0.133. The van der Waals surface area contributed by atoms with Gasteiger partial charge in [-0.15, -0.1) is 0 Å². The van der Waals surface area contributed by atoms with E-state index in [-0.39, 0.29) is 12.3 Å². The number of nitrogens with two attached hydrogens (primary N) is 1. The molecule has 2 rings (SSSR count). The number of halogens is 1. The van der Waals surface area contributed by atoms with Crippen molar-refractivity contribution in [2.24, 2.45) is 0 Å². The van der Waals surface area contributed by atoms with Crippen LogP contribution < -0.4 is 15.8 Å². The first kappa shape index (κ1) is 13.9. The largest absolute Gasteiger partial charge is 0.484 e. The third-order valence-corrected chi connectivity index (χ3v) is 2.74. The first-order chi connectivity index (χ1) is 9.56. The van der Waals surface area contributed by atoms with E-state index in [0.29, 0.717) is 17.0 Å². The van der Waals surface area contributed by atoms with Gasteiger partial charge in [0.1, 0.15) is 11.6 Å². The number of ether oxygens (including phenoxy) is 1. The predicted octanol–water partition coefficient (Wildman–Crippen LogP) is 2.73. The number of para-hydroxylation sites is 1. The molecule has 0 radical (unpaired) electrons. The topological polar surface area (TPSA) is 64.3 Å². The number of rotatable bonds is 4. The summed E-state index contributed by atoms with van der Waals surface area (Å²) in [6.07, 6.45) is 0. The fourth-order valence-electron chi connectivity index (χ4n) is 1.68. The number of carbonyl (C=O) groups excluding carboxylic acids is 1. The molecule has 4 nitrogen and oxygen atoms in total. The monoisotopic (exact) mass is 274 g/mol. The predicted molar refractivity (Wildman–Crippen MR) is 76.1 cm³/mol. The van der Waals surface area contributed by atoms with Crippen molar-refractivity contribution in [3.63, 3.8) is 0 Å². The molecule has 2 aromatic rings. The van der Waals surface area contributed by atoms with Crippen molar-refractivity contribution in [3.05, 3.63) is 53.8 Å². The van der Waals surface area contributed by atoms with Crippen LogP contribution in [0.4, 0.5) is 15.8 Å². The molecule has 5 heteroatoms. The molecule has 0 aliphatic heterocycles. The van der Waals surface area contributed by atoms with E-state index in [4.69, 9.17) is 10.5 Å². The van der Waals surface area contributed by atoms with Crippen LogP contribution in [0, 0.1) is 12.7 Å². The average Bonchev–Trinajstić information content (AvgIpc) is 2.42. The molecule has 0 aliphatic rings. The summed E-state index contributed by atoms with van der Waals surface area (Å²) in [6, 6.07) is 11.3. The molecular weight excluding hydrogens is 259 g/mol. The van der Waals surface area contributed by atoms with Crippen LogP contribution in [0.2, 0.25) is 0 Å². The third kappa shape index (κ3) is 3.47. The molecule has 2 aromatic carbocycles. The van der Waals surface area contributed by atoms with Crippen molar-refractivity contribution in [2.45, 2.75) is 6.92 Å². The minimum Gasteiger partial charge on any atom is -0.484 e. The van der Waals surface area contributed by atoms with E-state index in [1.807, 2.05) is 0 Å². The second-order valence-corrected chi connectivity index (χ2v) is 4.34. The Hall–Kier alpha value is -2.56. The van der Waals surface area contributed by atoms with Crippen LogP contribution in [-0.2, 0) is 4.79 Å². The highest BCUT2D eigenvalue weighted by Gasteiger charge is 2.09. The average molecular weight is 274 g/mol. The van der Waals surface area contributed by atoms with Gasteiger partial charge in [-0.05, 0) is 42.8 Å². The Morgan fingerprint density at radius 3 is 2.60 bits per heavy atom. The highest BCUT2D eigenvalue weighted by Crippen LogP contribution is 2.18. The van der Waals surface area contributed by atoms with Crippen LogP contribution in [0.5, 0.6) is 5.75 Å². The number of nitrogens with one attached hydrogen (secondary N) is 1. The number of nitrogen functional groups attached to an aromatic ring is 1. The Morgan fingerprint density at radius 1 is 1.25 bits per heavy atom. The lowest BCUT2D eigenvalue weighted by Crippen LogP contribution is -2.21. The van der Waals surface area contributed by atoms with Crippen LogP contribution >= 0.6 is 0 Å². The van der Waals surface area contributed by atoms with Crippen molar-refractivity contribution in [1.82, 2.24) is 0 Å². The van der Waals surface area contributed by atoms with Crippen molar-refractivity contribution >= 4 is 17.3 Å². The van der Waals surface area contributed by atoms with Gasteiger partial charge in [0.05, 0.1) is 5.69 Å². The lowest BCUT2D eigenvalue weighted by Gasteiger charge is -2.10. The maximum Gasteiger partial charge on any atom is 0.262 e. The van der Waals surface area contributed by atoms with E-state index in [1.165, 1.54) is 6.07 Å². The van der Waals surface area contributed by atoms with Crippen molar-refractivity contribution < 1.29 is 13.9 Å². The summed E-state index contributed by atoms with van der Waals surface area (Å²) in [7, 11) is 0. The lowest BCUT2D eigenvalue weighted by molar-refractivity contribution is -0.118. The quantitative estimate of drug-likeness (QED) is 0.842. The molecule has 0 fully saturated rings. The summed E-state index contributed by atoms with van der Waals surface area (Å²) >= 11 is 0. The highest BCUT2D eigenvalue weighted by molar-refractivity contribution is 5.92. The number of carbonyl (C=O) groups is 1. The summed E-state index contributed by atoms with van der Waals surface area (Å²) in [5.74, 6) is -0.361. The second kappa shape index (κ2) is 6.06. The number of hydrogen-bond acceptors (Lipinski definition) is 3. The lowest BCUT2D eigenvalue weighted by atomic mass is 10.2. The first-order valence-electron chi connectivity index (χ1n) is 6.09. The van der Waals surface area contributed by atoms with Gasteiger partial charge in [0.15, 0.2) is 6.61 Å². The summed E-state index contributed by atoms with van der Waals surface area (Å²) in [4.78, 5) is 11.7. The van der Waals surface area contributed by atoms with E-state index in [0.717, 1.165) is 0 Å². The van der Waals surface area contributed by atoms with Crippen LogP contribution in [0.25, 0.3) is 0 Å². The van der Waals surface area contributed by atoms with Gasteiger partial charge in [-0.25, -0.2) is 4.39 Å². The molecule has 20 heavy (non-hydrogen) atoms. The standard InChI is InChI=1S/C15H15FN2O2/c1-10-3-2-4-13(16)15(10)18-14(19)9-20-12-7-5-11(17)6-8-12/h2-8H,9,17H2,1H3,(H,18,19). The van der Waals surface area contributed by atoms with Gasteiger partial charge in [-0.3, -0.25) is 4.79 Å². The molecule has 3 N–H and O–H groups in total. The van der Waals surface area contributed by atoms with Crippen molar-refractivity contribution in [3.8, 4) is 5.75 Å². The van der Waals surface area contributed by atoms with Crippen LogP contribution in [0.1, 0.15) is 5.56 Å². The first-order valence-corrected chi connectivity index (χ1v) is 6.09. The third-order valence-electron chi connectivity index (χ3n) is 2.74. The SMILES string of the molecule is Cc1cccc(F)c1NC(=O)COc1ccc(N)cc1. The Kier molecular flexibility index (Phi) is 4.20. The van der Waals surface area contributed by atoms with E-state index in [9.17, 15) is 9.18 Å². The fourth-order valence-corrected chi connectivity index (χ4v) is 1.68. The van der Waals surface area contributed by atoms with Crippen molar-refractivity contribution in [2.75, 3.05) is 17.7 Å². The number of aryl methyl sites for hydroxylation is 1. The van der Waals surface area contributed by atoms with Gasteiger partial charge in [0.25, 0.3) is 5.91 Å². The maximum atomic E-state index is 13.5. The van der Waals surface area contributed by atoms with E-state index >= 15 is 0 Å². The zero-order valence-electron chi connectivity index (χ0n) is 11.0. The molecule has 0 saturated carbocycles. The van der Waals surface area contributed by atoms with Gasteiger partial charge < -0.3 is 15.8 Å². The molecule has 0 aliphatic carbocycles. The summed E-state index contributed by atoms with van der Waals surface area (Å²) in [5.41, 5.74) is 6.99. The van der Waals surface area contributed by atoms with Gasteiger partial charge in [-0.2, -0.15) is 0 Å². The molecule has 0 spiro atoms. The molecular formula is C15H15FN2O2. The Balaban J connectivity index is 1.94. The normalized spacial score (nSPS) is 10.1. The Morgan fingerprint density at radius 2 is 1.95 bits per heavy atom. The van der Waals surface area contributed by atoms with Crippen LogP contribution in [-0.4, -0.2) is 12.5 Å². The van der Waals surface area contributed by atoms with Gasteiger partial charge in [0, 0.05) is 5.69 Å². The summed E-state index contributed by atoms with van der Waals surface area (Å²) in [6.45, 7) is 1.53. The molecule has 0 aromatic heterocycles. The number of benzene rings is 2. The smallest absolute Gasteiger partial charge is 0.262 e. The molecule has 104 valence electrons. The summed E-state index contributed by atoms with van der Waals surface area (Å²) < 4.78 is 18.8. The van der Waals surface area contributed by atoms with E-state index < -0.39 is 11.7 Å². The molecule has 0 unspecified atom stereocenters. The van der Waals surface area contributed by atoms with Crippen molar-refractivity contribution in [1.29, 1.82) is 0 Å². The Labute approximate surface area is 116 Å². The van der Waals surface area contributed by atoms with Gasteiger partial charge >= 0.3 is 0 Å². The minimum atomic E-state index is -0.467. The van der Waals surface area contributed by atoms with E-state index in [1.54, 1.807) is 43.3 Å². The zero-order chi connectivity index (χ0) is 14.5. The Bertz CT molecular complexity index is 592. The molecule has 0 bridgehead atoms. The molecule has 0 atom stereocenters. The van der Waals surface area contributed by atoms with E-state index in [2.05, 4.69) is 5.32 Å². The number of hydrogen-bond donors (Lipinski definition) is 2. The molecule has 1 amide bonds. The zero-order valence-corrected chi connectivity index (χ0v) is 11.0. The highest BCUT2D eigenvalue weighted by atomic mass is 19.1. The molecule has 0 saturated heterocycles. The summed E-state index contributed by atoms with van der Waals surface area (Å²) in [5, 5.41) is 2.50. The van der Waals surface area contributed by atoms with Crippen LogP contribution in [0.3, 0.4) is 0 Å². The number of anilines is 2.